The highest BCUT2D eigenvalue weighted by Gasteiger charge is 2.41. The summed E-state index contributed by atoms with van der Waals surface area (Å²) < 4.78 is 29.2. The van der Waals surface area contributed by atoms with Gasteiger partial charge in [0.15, 0.2) is 0 Å². The number of hydrogen-bond acceptors (Lipinski definition) is 4. The topological polar surface area (TPSA) is 79.6 Å². The highest BCUT2D eigenvalue weighted by Crippen LogP contribution is 2.42. The van der Waals surface area contributed by atoms with Gasteiger partial charge in [0.2, 0.25) is 0 Å². The maximum absolute atomic E-state index is 13.2. The Morgan fingerprint density at radius 2 is 1.41 bits per heavy atom. The van der Waals surface area contributed by atoms with Crippen molar-refractivity contribution in [2.45, 2.75) is 31.4 Å². The van der Waals surface area contributed by atoms with Crippen LogP contribution >= 0.6 is 0 Å². The number of β-amino-alcohol motifs (C(OH)–C–C–N with tert-alkyl or cyclic N) is 1. The molecule has 0 aliphatic carbocycles. The molecule has 0 radical (unpaired) electrons. The first-order valence-electron chi connectivity index (χ1n) is 12.9. The highest BCUT2D eigenvalue weighted by atomic mass is 32.2. The molecule has 1 aromatic heterocycles. The average Bonchev–Trinajstić information content (AvgIpc) is 3.34. The number of aliphatic hydroxyl groups is 1. The van der Waals surface area contributed by atoms with Crippen LogP contribution in [0.2, 0.25) is 0 Å². The van der Waals surface area contributed by atoms with Crippen LogP contribution in [-0.2, 0) is 16.6 Å². The first kappa shape index (κ1) is 25.1. The molecule has 1 aliphatic rings. The van der Waals surface area contributed by atoms with E-state index in [9.17, 15) is 18.3 Å². The van der Waals surface area contributed by atoms with Crippen molar-refractivity contribution in [2.75, 3.05) is 6.54 Å². The van der Waals surface area contributed by atoms with Gasteiger partial charge in [0.05, 0.1) is 36.0 Å². The Hall–Kier alpha value is -4.20. The lowest BCUT2D eigenvalue weighted by atomic mass is 9.97. The van der Waals surface area contributed by atoms with E-state index in [2.05, 4.69) is 35.8 Å². The molecule has 39 heavy (non-hydrogen) atoms. The van der Waals surface area contributed by atoms with E-state index in [0.29, 0.717) is 0 Å². The Labute approximate surface area is 227 Å². The molecule has 4 aromatic carbocycles. The largest absolute Gasteiger partial charge is 0.389 e. The third-order valence-electron chi connectivity index (χ3n) is 7.28. The summed E-state index contributed by atoms with van der Waals surface area (Å²) in [5, 5.41) is 12.4. The van der Waals surface area contributed by atoms with E-state index in [1.165, 1.54) is 12.1 Å². The fourth-order valence-corrected chi connectivity index (χ4v) is 7.34. The number of carbonyl (C=O) groups excluding carboxylic acids is 1. The Morgan fingerprint density at radius 3 is 2.08 bits per heavy atom. The number of fused-ring (bicyclic) bond motifs is 2. The van der Waals surface area contributed by atoms with Crippen molar-refractivity contribution in [3.8, 4) is 22.4 Å². The minimum atomic E-state index is -4.02. The standard InChI is InChI=1S/C32H28N2O4S/c1-21-17-22(2)30-27(18-21)29(23-11-5-3-6-12-23)31(24-13-7-4-8-14-24)33(30)19-25(35)20-34-32(36)26-15-9-10-16-28(26)39(34,37)38/h3-18,25,35H,19-20H2,1-2H3. The monoisotopic (exact) mass is 536 g/mol. The summed E-state index contributed by atoms with van der Waals surface area (Å²) in [6, 6.07) is 30.6. The van der Waals surface area contributed by atoms with Crippen molar-refractivity contribution < 1.29 is 18.3 Å². The van der Waals surface area contributed by atoms with Gasteiger partial charge in [0.25, 0.3) is 15.9 Å². The molecule has 1 N–H and O–H groups in total. The zero-order valence-electron chi connectivity index (χ0n) is 21.7. The van der Waals surface area contributed by atoms with E-state index in [0.717, 1.165) is 48.7 Å². The van der Waals surface area contributed by atoms with Crippen molar-refractivity contribution in [1.82, 2.24) is 8.87 Å². The van der Waals surface area contributed by atoms with E-state index >= 15 is 0 Å². The van der Waals surface area contributed by atoms with Gasteiger partial charge in [-0.15, -0.1) is 0 Å². The average molecular weight is 537 g/mol. The van der Waals surface area contributed by atoms with Crippen LogP contribution in [0.15, 0.2) is 102 Å². The minimum Gasteiger partial charge on any atom is -0.389 e. The predicted molar refractivity (Wildman–Crippen MR) is 153 cm³/mol. The molecule has 1 aliphatic heterocycles. The lowest BCUT2D eigenvalue weighted by molar-refractivity contribution is 0.0773. The molecule has 2 heterocycles. The molecule has 0 spiro atoms. The van der Waals surface area contributed by atoms with Crippen LogP contribution in [0, 0.1) is 13.8 Å². The summed E-state index contributed by atoms with van der Waals surface area (Å²) >= 11 is 0. The number of carbonyl (C=O) groups is 1. The van der Waals surface area contributed by atoms with Crippen molar-refractivity contribution in [3.05, 3.63) is 114 Å². The zero-order chi connectivity index (χ0) is 27.3. The predicted octanol–water partition coefficient (Wildman–Crippen LogP) is 5.80. The molecule has 6 rings (SSSR count). The summed E-state index contributed by atoms with van der Waals surface area (Å²) in [7, 11) is -4.02. The lowest BCUT2D eigenvalue weighted by Crippen LogP contribution is -2.38. The maximum Gasteiger partial charge on any atom is 0.269 e. The second-order valence-corrected chi connectivity index (χ2v) is 11.9. The van der Waals surface area contributed by atoms with Gasteiger partial charge in [-0.25, -0.2) is 12.7 Å². The van der Waals surface area contributed by atoms with E-state index in [1.54, 1.807) is 12.1 Å². The molecule has 0 saturated heterocycles. The van der Waals surface area contributed by atoms with Crippen LogP contribution in [0.4, 0.5) is 0 Å². The van der Waals surface area contributed by atoms with Crippen molar-refractivity contribution in [3.63, 3.8) is 0 Å². The van der Waals surface area contributed by atoms with Gasteiger partial charge in [0, 0.05) is 10.9 Å². The number of benzene rings is 4. The van der Waals surface area contributed by atoms with Gasteiger partial charge in [-0.1, -0.05) is 84.4 Å². The molecular weight excluding hydrogens is 508 g/mol. The van der Waals surface area contributed by atoms with Gasteiger partial charge in [0.1, 0.15) is 4.90 Å². The number of rotatable bonds is 6. The second-order valence-electron chi connectivity index (χ2n) is 10.0. The highest BCUT2D eigenvalue weighted by molar-refractivity contribution is 7.90. The first-order chi connectivity index (χ1) is 18.8. The second kappa shape index (κ2) is 9.52. The molecule has 0 saturated carbocycles. The molecular formula is C32H28N2O4S. The Balaban J connectivity index is 1.50. The molecule has 1 amide bonds. The van der Waals surface area contributed by atoms with Crippen LogP contribution in [0.1, 0.15) is 21.5 Å². The Bertz CT molecular complexity index is 1830. The van der Waals surface area contributed by atoms with Gasteiger partial charge >= 0.3 is 0 Å². The third kappa shape index (κ3) is 4.15. The SMILES string of the molecule is Cc1cc(C)c2c(c1)c(-c1ccccc1)c(-c1ccccc1)n2CC(O)CN1C(=O)c2ccccc2S1(=O)=O. The van der Waals surface area contributed by atoms with E-state index < -0.39 is 22.0 Å². The smallest absolute Gasteiger partial charge is 0.269 e. The molecule has 1 unspecified atom stereocenters. The summed E-state index contributed by atoms with van der Waals surface area (Å²) in [5.41, 5.74) is 7.29. The Kier molecular flexibility index (Phi) is 6.13. The fraction of sp³-hybridized carbons (Fsp3) is 0.156. The van der Waals surface area contributed by atoms with Crippen molar-refractivity contribution in [2.24, 2.45) is 0 Å². The summed E-state index contributed by atoms with van der Waals surface area (Å²) in [5.74, 6) is -0.609. The lowest BCUT2D eigenvalue weighted by Gasteiger charge is -2.22. The quantitative estimate of drug-likeness (QED) is 0.298. The normalized spacial score (nSPS) is 15.1. The van der Waals surface area contributed by atoms with Crippen LogP contribution in [-0.4, -0.2) is 41.0 Å². The van der Waals surface area contributed by atoms with E-state index in [-0.39, 0.29) is 23.5 Å². The van der Waals surface area contributed by atoms with Crippen LogP contribution in [0.3, 0.4) is 0 Å². The minimum absolute atomic E-state index is 0.0173. The van der Waals surface area contributed by atoms with Crippen LogP contribution in [0.25, 0.3) is 33.3 Å². The molecule has 6 nitrogen and oxygen atoms in total. The summed E-state index contributed by atoms with van der Waals surface area (Å²) in [6.45, 7) is 3.88. The third-order valence-corrected chi connectivity index (χ3v) is 9.09. The van der Waals surface area contributed by atoms with Gasteiger partial charge in [-0.2, -0.15) is 0 Å². The van der Waals surface area contributed by atoms with E-state index in [1.807, 2.05) is 55.5 Å². The number of aromatic nitrogens is 1. The molecule has 196 valence electrons. The number of amides is 1. The molecule has 5 aromatic rings. The van der Waals surface area contributed by atoms with Gasteiger partial charge in [-0.05, 0) is 48.7 Å². The number of aliphatic hydroxyl groups excluding tert-OH is 1. The number of nitrogens with zero attached hydrogens (tertiary/aromatic N) is 2. The van der Waals surface area contributed by atoms with Crippen LogP contribution < -0.4 is 0 Å². The maximum atomic E-state index is 13.2. The van der Waals surface area contributed by atoms with Crippen molar-refractivity contribution >= 4 is 26.8 Å². The zero-order valence-corrected chi connectivity index (χ0v) is 22.5. The van der Waals surface area contributed by atoms with Crippen molar-refractivity contribution in [1.29, 1.82) is 0 Å². The molecule has 0 fully saturated rings. The Morgan fingerprint density at radius 1 is 0.795 bits per heavy atom. The molecule has 0 bridgehead atoms. The van der Waals surface area contributed by atoms with Crippen LogP contribution in [0.5, 0.6) is 0 Å². The van der Waals surface area contributed by atoms with E-state index in [4.69, 9.17) is 0 Å². The number of hydrogen-bond donors (Lipinski definition) is 1. The summed E-state index contributed by atoms with van der Waals surface area (Å²) in [6.07, 6.45) is -1.14. The molecule has 1 atom stereocenters. The molecule has 7 heteroatoms. The van der Waals surface area contributed by atoms with Gasteiger partial charge < -0.3 is 9.67 Å². The van der Waals surface area contributed by atoms with Gasteiger partial charge in [-0.3, -0.25) is 4.79 Å². The fourth-order valence-electron chi connectivity index (χ4n) is 5.73. The summed E-state index contributed by atoms with van der Waals surface area (Å²) in [4.78, 5) is 13.0. The first-order valence-corrected chi connectivity index (χ1v) is 14.3. The number of aryl methyl sites for hydroxylation is 2. The number of sulfonamides is 1.